The summed E-state index contributed by atoms with van der Waals surface area (Å²) in [7, 11) is 0. The first-order valence-electron chi connectivity index (χ1n) is 10.8. The summed E-state index contributed by atoms with van der Waals surface area (Å²) in [6.45, 7) is 6.47. The molecule has 5 rings (SSSR count). The molecule has 30 heavy (non-hydrogen) atoms. The first-order chi connectivity index (χ1) is 14.6. The van der Waals surface area contributed by atoms with Crippen LogP contribution in [0.5, 0.6) is 0 Å². The Labute approximate surface area is 176 Å². The van der Waals surface area contributed by atoms with Crippen molar-refractivity contribution >= 4 is 0 Å². The van der Waals surface area contributed by atoms with Gasteiger partial charge in [-0.1, -0.05) is 29.4 Å². The Hall–Kier alpha value is -2.48. The highest BCUT2D eigenvalue weighted by atomic mass is 16.5. The van der Waals surface area contributed by atoms with Crippen LogP contribution in [-0.2, 0) is 13.0 Å². The number of piperidine rings is 1. The predicted molar refractivity (Wildman–Crippen MR) is 114 cm³/mol. The molecule has 2 aliphatic rings. The average Bonchev–Trinajstić information content (AvgIpc) is 3.23. The standard InChI is InChI=1S/C23H29N5O2/c1-15(29)23-25-7-9-28(23)12-18-11-22(30-26-18)17-4-2-16(3-5-17)10-19-20-13-27(8-6-24)14-21(19)20/h2-5,7,9,11,15,19-21,29H,6,8,10,12-14,24H2,1H3/t15-,19?,20-,21+/m0/s1. The summed E-state index contributed by atoms with van der Waals surface area (Å²) in [5.41, 5.74) is 8.91. The second kappa shape index (κ2) is 7.98. The van der Waals surface area contributed by atoms with E-state index in [0.29, 0.717) is 12.4 Å². The van der Waals surface area contributed by atoms with Crippen LogP contribution in [0.1, 0.15) is 30.1 Å². The Morgan fingerprint density at radius 3 is 2.70 bits per heavy atom. The minimum atomic E-state index is -0.617. The zero-order valence-corrected chi connectivity index (χ0v) is 17.3. The molecule has 158 valence electrons. The number of nitrogens with zero attached hydrogens (tertiary/aromatic N) is 4. The molecule has 1 aliphatic carbocycles. The molecule has 0 amide bonds. The van der Waals surface area contributed by atoms with Gasteiger partial charge in [0.2, 0.25) is 0 Å². The molecule has 3 N–H and O–H groups in total. The number of rotatable bonds is 8. The molecular weight excluding hydrogens is 378 g/mol. The summed E-state index contributed by atoms with van der Waals surface area (Å²) in [5.74, 6) is 3.95. The smallest absolute Gasteiger partial charge is 0.167 e. The lowest BCUT2D eigenvalue weighted by molar-refractivity contribution is 0.184. The normalized spacial score (nSPS) is 24.2. The number of hydrogen-bond donors (Lipinski definition) is 2. The van der Waals surface area contributed by atoms with E-state index in [1.807, 2.05) is 16.8 Å². The van der Waals surface area contributed by atoms with E-state index in [4.69, 9.17) is 10.3 Å². The minimum absolute atomic E-state index is 0.521. The lowest BCUT2D eigenvalue weighted by atomic mass is 10.0. The third-order valence-corrected chi connectivity index (χ3v) is 6.61. The van der Waals surface area contributed by atoms with Crippen molar-refractivity contribution in [3.05, 3.63) is 59.8 Å². The van der Waals surface area contributed by atoms with Gasteiger partial charge in [0.25, 0.3) is 0 Å². The second-order valence-corrected chi connectivity index (χ2v) is 8.71. The summed E-state index contributed by atoms with van der Waals surface area (Å²) in [5, 5.41) is 14.0. The van der Waals surface area contributed by atoms with Gasteiger partial charge in [-0.2, -0.15) is 0 Å². The fraction of sp³-hybridized carbons (Fsp3) is 0.478. The van der Waals surface area contributed by atoms with Crippen LogP contribution in [0, 0.1) is 17.8 Å². The van der Waals surface area contributed by atoms with E-state index in [1.165, 1.54) is 18.7 Å². The van der Waals surface area contributed by atoms with Crippen molar-refractivity contribution in [2.75, 3.05) is 26.2 Å². The largest absolute Gasteiger partial charge is 0.385 e. The van der Waals surface area contributed by atoms with E-state index >= 15 is 0 Å². The monoisotopic (exact) mass is 407 g/mol. The van der Waals surface area contributed by atoms with E-state index in [9.17, 15) is 5.11 Å². The molecule has 3 aromatic rings. The highest BCUT2D eigenvalue weighted by Gasteiger charge is 2.54. The van der Waals surface area contributed by atoms with Crippen LogP contribution in [0.2, 0.25) is 0 Å². The lowest BCUT2D eigenvalue weighted by Crippen LogP contribution is -2.30. The van der Waals surface area contributed by atoms with E-state index in [2.05, 4.69) is 39.3 Å². The van der Waals surface area contributed by atoms with Crippen LogP contribution in [0.4, 0.5) is 0 Å². The number of nitrogens with two attached hydrogens (primary N) is 1. The third-order valence-electron chi connectivity index (χ3n) is 6.61. The molecule has 1 saturated heterocycles. The summed E-state index contributed by atoms with van der Waals surface area (Å²) >= 11 is 0. The van der Waals surface area contributed by atoms with E-state index in [0.717, 1.165) is 54.3 Å². The third kappa shape index (κ3) is 3.80. The van der Waals surface area contributed by atoms with E-state index in [1.54, 1.807) is 13.1 Å². The van der Waals surface area contributed by atoms with Crippen molar-refractivity contribution in [1.82, 2.24) is 19.6 Å². The van der Waals surface area contributed by atoms with Gasteiger partial charge in [0.15, 0.2) is 5.76 Å². The van der Waals surface area contributed by atoms with Crippen LogP contribution in [-0.4, -0.2) is 50.9 Å². The summed E-state index contributed by atoms with van der Waals surface area (Å²) in [6, 6.07) is 10.6. The fourth-order valence-electron chi connectivity index (χ4n) is 5.00. The SMILES string of the molecule is C[C@H](O)c1nccn1Cc1cc(-c2ccc(CC3[C@H]4CN(CCN)C[C@@H]34)cc2)on1. The molecule has 1 unspecified atom stereocenters. The van der Waals surface area contributed by atoms with Crippen molar-refractivity contribution < 1.29 is 9.63 Å². The van der Waals surface area contributed by atoms with E-state index < -0.39 is 6.10 Å². The molecule has 7 nitrogen and oxygen atoms in total. The Kier molecular flexibility index (Phi) is 5.18. The van der Waals surface area contributed by atoms with Gasteiger partial charge in [0, 0.05) is 50.2 Å². The molecule has 1 aliphatic heterocycles. The van der Waals surface area contributed by atoms with Crippen molar-refractivity contribution in [2.45, 2.75) is 26.0 Å². The number of fused-ring (bicyclic) bond motifs is 1. The van der Waals surface area contributed by atoms with Gasteiger partial charge in [-0.05, 0) is 36.7 Å². The Morgan fingerprint density at radius 1 is 1.23 bits per heavy atom. The molecule has 1 saturated carbocycles. The van der Waals surface area contributed by atoms with Crippen LogP contribution >= 0.6 is 0 Å². The zero-order valence-electron chi connectivity index (χ0n) is 17.3. The van der Waals surface area contributed by atoms with Gasteiger partial charge in [0.05, 0.1) is 6.54 Å². The van der Waals surface area contributed by atoms with Gasteiger partial charge >= 0.3 is 0 Å². The molecule has 2 fully saturated rings. The fourth-order valence-corrected chi connectivity index (χ4v) is 5.00. The first kappa shape index (κ1) is 19.5. The quantitative estimate of drug-likeness (QED) is 0.595. The maximum Gasteiger partial charge on any atom is 0.167 e. The summed E-state index contributed by atoms with van der Waals surface area (Å²) < 4.78 is 7.45. The minimum Gasteiger partial charge on any atom is -0.385 e. The number of aliphatic hydroxyl groups excluding tert-OH is 1. The highest BCUT2D eigenvalue weighted by Crippen LogP contribution is 2.53. The first-order valence-corrected chi connectivity index (χ1v) is 10.8. The van der Waals surface area contributed by atoms with Crippen LogP contribution in [0.3, 0.4) is 0 Å². The van der Waals surface area contributed by atoms with Crippen LogP contribution in [0.25, 0.3) is 11.3 Å². The number of likely N-dealkylation sites (tertiary alicyclic amines) is 1. The number of aromatic nitrogens is 3. The van der Waals surface area contributed by atoms with Gasteiger partial charge in [-0.15, -0.1) is 0 Å². The zero-order chi connectivity index (χ0) is 20.7. The Bertz CT molecular complexity index is 981. The highest BCUT2D eigenvalue weighted by molar-refractivity contribution is 5.57. The predicted octanol–water partition coefficient (Wildman–Crippen LogP) is 2.32. The summed E-state index contributed by atoms with van der Waals surface area (Å²) in [6.07, 6.45) is 4.07. The van der Waals surface area contributed by atoms with Crippen molar-refractivity contribution in [2.24, 2.45) is 23.5 Å². The maximum atomic E-state index is 9.80. The molecule has 0 radical (unpaired) electrons. The molecule has 7 heteroatoms. The van der Waals surface area contributed by atoms with E-state index in [-0.39, 0.29) is 0 Å². The molecular formula is C23H29N5O2. The molecule has 3 heterocycles. The number of hydrogen-bond acceptors (Lipinski definition) is 6. The number of benzene rings is 1. The van der Waals surface area contributed by atoms with Crippen molar-refractivity contribution in [1.29, 1.82) is 0 Å². The molecule has 0 bridgehead atoms. The molecule has 2 aromatic heterocycles. The van der Waals surface area contributed by atoms with Gasteiger partial charge < -0.3 is 24.8 Å². The topological polar surface area (TPSA) is 93.3 Å². The van der Waals surface area contributed by atoms with Crippen LogP contribution < -0.4 is 5.73 Å². The lowest BCUT2D eigenvalue weighted by Gasteiger charge is -2.18. The molecule has 0 spiro atoms. The maximum absolute atomic E-state index is 9.80. The van der Waals surface area contributed by atoms with Crippen molar-refractivity contribution in [3.8, 4) is 11.3 Å². The Balaban J connectivity index is 1.19. The van der Waals surface area contributed by atoms with Crippen molar-refractivity contribution in [3.63, 3.8) is 0 Å². The Morgan fingerprint density at radius 2 is 2.00 bits per heavy atom. The average molecular weight is 408 g/mol. The van der Waals surface area contributed by atoms with Gasteiger partial charge in [-0.3, -0.25) is 0 Å². The van der Waals surface area contributed by atoms with Gasteiger partial charge in [0.1, 0.15) is 17.6 Å². The molecule has 4 atom stereocenters. The number of aliphatic hydroxyl groups is 1. The van der Waals surface area contributed by atoms with Crippen LogP contribution in [0.15, 0.2) is 47.2 Å². The summed E-state index contributed by atoms with van der Waals surface area (Å²) in [4.78, 5) is 6.70. The van der Waals surface area contributed by atoms with Gasteiger partial charge in [-0.25, -0.2) is 4.98 Å². The molecule has 1 aromatic carbocycles. The second-order valence-electron chi connectivity index (χ2n) is 8.71. The number of imidazole rings is 1.